The Morgan fingerprint density at radius 3 is 2.48 bits per heavy atom. The molecule has 0 saturated heterocycles. The summed E-state index contributed by atoms with van der Waals surface area (Å²) in [6, 6.07) is 7.04. The highest BCUT2D eigenvalue weighted by Crippen LogP contribution is 2.23. The molecule has 2 aromatic rings. The first kappa shape index (κ1) is 16.1. The predicted octanol–water partition coefficient (Wildman–Crippen LogP) is 4.30. The van der Waals surface area contributed by atoms with Gasteiger partial charge < -0.3 is 5.32 Å². The molecule has 0 fully saturated rings. The maximum Gasteiger partial charge on any atom is 0.123 e. The van der Waals surface area contributed by atoms with E-state index in [1.165, 1.54) is 12.1 Å². The van der Waals surface area contributed by atoms with Crippen LogP contribution < -0.4 is 5.32 Å². The fourth-order valence-electron chi connectivity index (χ4n) is 2.04. The normalized spacial score (nSPS) is 13.4. The Balaban J connectivity index is 1.85. The highest BCUT2D eigenvalue weighted by molar-refractivity contribution is 7.09. The quantitative estimate of drug-likeness (QED) is 0.891. The highest BCUT2D eigenvalue weighted by atomic mass is 32.1. The van der Waals surface area contributed by atoms with Crippen molar-refractivity contribution >= 4 is 11.3 Å². The van der Waals surface area contributed by atoms with Gasteiger partial charge in [0.2, 0.25) is 0 Å². The van der Waals surface area contributed by atoms with Crippen LogP contribution in [0.15, 0.2) is 29.6 Å². The van der Waals surface area contributed by atoms with Gasteiger partial charge in [0.05, 0.1) is 5.69 Å². The maximum atomic E-state index is 12.9. The van der Waals surface area contributed by atoms with Crippen LogP contribution in [0.25, 0.3) is 0 Å². The van der Waals surface area contributed by atoms with Crippen LogP contribution in [0.2, 0.25) is 0 Å². The van der Waals surface area contributed by atoms with Crippen LogP contribution in [0.1, 0.15) is 44.0 Å². The molecular formula is C17H23FN2S. The van der Waals surface area contributed by atoms with E-state index < -0.39 is 0 Å². The number of nitrogens with zero attached hydrogens (tertiary/aromatic N) is 1. The third-order valence-corrected chi connectivity index (χ3v) is 4.23. The maximum absolute atomic E-state index is 12.9. The summed E-state index contributed by atoms with van der Waals surface area (Å²) in [4.78, 5) is 4.68. The second kappa shape index (κ2) is 6.67. The summed E-state index contributed by atoms with van der Waals surface area (Å²) in [7, 11) is 0. The van der Waals surface area contributed by atoms with Crippen molar-refractivity contribution in [1.29, 1.82) is 0 Å². The molecule has 1 unspecified atom stereocenters. The largest absolute Gasteiger partial charge is 0.308 e. The molecule has 1 atom stereocenters. The Hall–Kier alpha value is -1.26. The molecule has 2 nitrogen and oxygen atoms in total. The van der Waals surface area contributed by atoms with E-state index in [9.17, 15) is 4.39 Å². The minimum atomic E-state index is -0.183. The Kier molecular flexibility index (Phi) is 5.12. The average Bonchev–Trinajstić information content (AvgIpc) is 2.88. The zero-order valence-corrected chi connectivity index (χ0v) is 13.9. The minimum absolute atomic E-state index is 0.106. The molecule has 21 heavy (non-hydrogen) atoms. The van der Waals surface area contributed by atoms with Gasteiger partial charge in [-0.05, 0) is 31.0 Å². The summed E-state index contributed by atoms with van der Waals surface area (Å²) in [5, 5.41) is 6.74. The molecule has 0 aliphatic heterocycles. The summed E-state index contributed by atoms with van der Waals surface area (Å²) >= 11 is 1.70. The lowest BCUT2D eigenvalue weighted by molar-refractivity contribution is 0.536. The third-order valence-electron chi connectivity index (χ3n) is 3.38. The molecule has 1 N–H and O–H groups in total. The lowest BCUT2D eigenvalue weighted by Gasteiger charge is -2.15. The topological polar surface area (TPSA) is 24.9 Å². The van der Waals surface area contributed by atoms with E-state index in [0.717, 1.165) is 29.2 Å². The smallest absolute Gasteiger partial charge is 0.123 e. The number of aromatic nitrogens is 1. The van der Waals surface area contributed by atoms with Gasteiger partial charge in [0.15, 0.2) is 0 Å². The first-order valence-electron chi connectivity index (χ1n) is 7.27. The molecule has 0 amide bonds. The number of benzene rings is 1. The third kappa shape index (κ3) is 4.90. The molecule has 0 bridgehead atoms. The molecule has 0 aliphatic carbocycles. The van der Waals surface area contributed by atoms with Gasteiger partial charge in [-0.25, -0.2) is 9.37 Å². The van der Waals surface area contributed by atoms with Gasteiger partial charge in [0, 0.05) is 23.4 Å². The number of hydrogen-bond acceptors (Lipinski definition) is 3. The van der Waals surface area contributed by atoms with Crippen molar-refractivity contribution in [3.63, 3.8) is 0 Å². The number of halogens is 1. The van der Waals surface area contributed by atoms with Crippen LogP contribution in [0.5, 0.6) is 0 Å². The van der Waals surface area contributed by atoms with Crippen molar-refractivity contribution in [3.8, 4) is 0 Å². The number of thiazole rings is 1. The van der Waals surface area contributed by atoms with Crippen molar-refractivity contribution in [1.82, 2.24) is 10.3 Å². The molecule has 0 spiro atoms. The molecule has 0 radical (unpaired) electrons. The van der Waals surface area contributed by atoms with Crippen LogP contribution in [0.4, 0.5) is 4.39 Å². The van der Waals surface area contributed by atoms with E-state index in [4.69, 9.17) is 0 Å². The summed E-state index contributed by atoms with van der Waals surface area (Å²) in [5.74, 6) is -0.183. The Bertz CT molecular complexity index is 569. The molecule has 0 saturated carbocycles. The summed E-state index contributed by atoms with van der Waals surface area (Å²) in [6.45, 7) is 9.45. The Morgan fingerprint density at radius 1 is 1.24 bits per heavy atom. The molecule has 1 heterocycles. The average molecular weight is 306 g/mol. The van der Waals surface area contributed by atoms with E-state index in [1.807, 2.05) is 12.1 Å². The van der Waals surface area contributed by atoms with Crippen LogP contribution in [-0.4, -0.2) is 11.0 Å². The SMILES string of the molecule is CC(Cc1ccc(F)cc1)NCc1nc(C(C)(C)C)cs1. The molecule has 2 rings (SSSR count). The summed E-state index contributed by atoms with van der Waals surface area (Å²) < 4.78 is 12.9. The van der Waals surface area contributed by atoms with Crippen LogP contribution in [-0.2, 0) is 18.4 Å². The van der Waals surface area contributed by atoms with E-state index in [0.29, 0.717) is 6.04 Å². The number of hydrogen-bond donors (Lipinski definition) is 1. The van der Waals surface area contributed by atoms with E-state index in [2.05, 4.69) is 43.4 Å². The number of nitrogens with one attached hydrogen (secondary N) is 1. The first-order chi connectivity index (χ1) is 9.84. The molecular weight excluding hydrogens is 283 g/mol. The monoisotopic (exact) mass is 306 g/mol. The first-order valence-corrected chi connectivity index (χ1v) is 8.15. The molecule has 1 aromatic heterocycles. The molecule has 0 aliphatic rings. The second-order valence-electron chi connectivity index (χ2n) is 6.49. The molecule has 114 valence electrons. The van der Waals surface area contributed by atoms with Gasteiger partial charge in [-0.2, -0.15) is 0 Å². The zero-order valence-electron chi connectivity index (χ0n) is 13.1. The standard InChI is InChI=1S/C17H23FN2S/c1-12(9-13-5-7-14(18)8-6-13)19-10-16-20-15(11-21-16)17(2,3)4/h5-8,11-12,19H,9-10H2,1-4H3. The van der Waals surface area contributed by atoms with E-state index >= 15 is 0 Å². The van der Waals surface area contributed by atoms with Gasteiger partial charge in [0.1, 0.15) is 10.8 Å². The van der Waals surface area contributed by atoms with Crippen LogP contribution in [0, 0.1) is 5.82 Å². The minimum Gasteiger partial charge on any atom is -0.308 e. The van der Waals surface area contributed by atoms with E-state index in [-0.39, 0.29) is 11.2 Å². The Morgan fingerprint density at radius 2 is 1.90 bits per heavy atom. The van der Waals surface area contributed by atoms with Gasteiger partial charge in [-0.3, -0.25) is 0 Å². The predicted molar refractivity (Wildman–Crippen MR) is 87.2 cm³/mol. The van der Waals surface area contributed by atoms with Crippen molar-refractivity contribution in [3.05, 3.63) is 51.7 Å². The molecule has 4 heteroatoms. The fourth-order valence-corrected chi connectivity index (χ4v) is 3.02. The van der Waals surface area contributed by atoms with Gasteiger partial charge in [-0.15, -0.1) is 11.3 Å². The van der Waals surface area contributed by atoms with Gasteiger partial charge in [-0.1, -0.05) is 32.9 Å². The zero-order chi connectivity index (χ0) is 15.5. The van der Waals surface area contributed by atoms with Crippen molar-refractivity contribution < 1.29 is 4.39 Å². The van der Waals surface area contributed by atoms with Crippen molar-refractivity contribution in [2.24, 2.45) is 0 Å². The van der Waals surface area contributed by atoms with Crippen LogP contribution in [0.3, 0.4) is 0 Å². The van der Waals surface area contributed by atoms with Crippen molar-refractivity contribution in [2.75, 3.05) is 0 Å². The van der Waals surface area contributed by atoms with Crippen LogP contribution >= 0.6 is 11.3 Å². The highest BCUT2D eigenvalue weighted by Gasteiger charge is 2.17. The van der Waals surface area contributed by atoms with Crippen molar-refractivity contribution in [2.45, 2.75) is 52.1 Å². The fraction of sp³-hybridized carbons (Fsp3) is 0.471. The van der Waals surface area contributed by atoms with Gasteiger partial charge >= 0.3 is 0 Å². The number of rotatable bonds is 5. The summed E-state index contributed by atoms with van der Waals surface area (Å²) in [5.41, 5.74) is 2.40. The van der Waals surface area contributed by atoms with Gasteiger partial charge in [0.25, 0.3) is 0 Å². The lowest BCUT2D eigenvalue weighted by Crippen LogP contribution is -2.27. The summed E-state index contributed by atoms with van der Waals surface area (Å²) in [6.07, 6.45) is 0.887. The lowest BCUT2D eigenvalue weighted by atomic mass is 9.93. The second-order valence-corrected chi connectivity index (χ2v) is 7.43. The molecule has 1 aromatic carbocycles. The van der Waals surface area contributed by atoms with E-state index in [1.54, 1.807) is 11.3 Å². The Labute approximate surface area is 130 Å².